The Hall–Kier alpha value is -1.32. The summed E-state index contributed by atoms with van der Waals surface area (Å²) in [6, 6.07) is 0. The van der Waals surface area contributed by atoms with Gasteiger partial charge in [-0.05, 0) is 38.5 Å². The number of ether oxygens (including phenoxy) is 1. The molecule has 4 nitrogen and oxygen atoms in total. The van der Waals surface area contributed by atoms with Gasteiger partial charge >= 0.3 is 5.97 Å². The molecule has 0 unspecified atom stereocenters. The van der Waals surface area contributed by atoms with Crippen molar-refractivity contribution < 1.29 is 13.9 Å². The molecule has 2 aliphatic carbocycles. The van der Waals surface area contributed by atoms with E-state index in [0.29, 0.717) is 24.2 Å². The molecule has 0 atom stereocenters. The summed E-state index contributed by atoms with van der Waals surface area (Å²) < 4.78 is 10.8. The standard InChI is InChI=1S/C16H23NO3/c1-2-19-16(18)15-14(12-8-9-12)17-13(20-15)10-11-6-4-3-5-7-11/h11-12H,2-10H2,1H3. The van der Waals surface area contributed by atoms with Gasteiger partial charge in [0.05, 0.1) is 12.3 Å². The minimum atomic E-state index is -0.350. The molecule has 0 aromatic carbocycles. The van der Waals surface area contributed by atoms with E-state index in [1.807, 2.05) is 6.92 Å². The quantitative estimate of drug-likeness (QED) is 0.767. The zero-order valence-electron chi connectivity index (χ0n) is 12.2. The fourth-order valence-corrected chi connectivity index (χ4v) is 3.08. The van der Waals surface area contributed by atoms with E-state index in [9.17, 15) is 4.79 Å². The van der Waals surface area contributed by atoms with Crippen molar-refractivity contribution in [3.8, 4) is 0 Å². The maximum atomic E-state index is 11.9. The summed E-state index contributed by atoms with van der Waals surface area (Å²) >= 11 is 0. The lowest BCUT2D eigenvalue weighted by Gasteiger charge is -2.19. The van der Waals surface area contributed by atoms with Gasteiger partial charge in [-0.3, -0.25) is 0 Å². The van der Waals surface area contributed by atoms with Gasteiger partial charge < -0.3 is 9.15 Å². The number of carbonyl (C=O) groups is 1. The van der Waals surface area contributed by atoms with Crippen molar-refractivity contribution in [1.29, 1.82) is 0 Å². The first kappa shape index (κ1) is 13.7. The van der Waals surface area contributed by atoms with Crippen LogP contribution >= 0.6 is 0 Å². The van der Waals surface area contributed by atoms with E-state index in [1.165, 1.54) is 32.1 Å². The van der Waals surface area contributed by atoms with Crippen molar-refractivity contribution in [3.05, 3.63) is 17.3 Å². The summed E-state index contributed by atoms with van der Waals surface area (Å²) in [6.45, 7) is 2.19. The van der Waals surface area contributed by atoms with Crippen molar-refractivity contribution in [3.63, 3.8) is 0 Å². The van der Waals surface area contributed by atoms with Gasteiger partial charge in [0.15, 0.2) is 5.89 Å². The molecule has 4 heteroatoms. The van der Waals surface area contributed by atoms with E-state index >= 15 is 0 Å². The molecule has 0 bridgehead atoms. The first-order valence-corrected chi connectivity index (χ1v) is 7.94. The first-order valence-electron chi connectivity index (χ1n) is 7.94. The Balaban J connectivity index is 1.74. The summed E-state index contributed by atoms with van der Waals surface area (Å²) in [5.74, 6) is 1.83. The van der Waals surface area contributed by atoms with Gasteiger partial charge in [0.2, 0.25) is 5.76 Å². The van der Waals surface area contributed by atoms with Crippen LogP contribution in [0.1, 0.15) is 79.9 Å². The van der Waals surface area contributed by atoms with Crippen LogP contribution in [0.4, 0.5) is 0 Å². The predicted octanol–water partition coefficient (Wildman–Crippen LogP) is 3.85. The highest BCUT2D eigenvalue weighted by molar-refractivity contribution is 5.87. The molecular formula is C16H23NO3. The second kappa shape index (κ2) is 5.98. The lowest BCUT2D eigenvalue weighted by atomic mass is 9.87. The van der Waals surface area contributed by atoms with Crippen molar-refractivity contribution in [2.45, 2.75) is 64.2 Å². The third kappa shape index (κ3) is 3.05. The maximum Gasteiger partial charge on any atom is 0.376 e. The minimum absolute atomic E-state index is 0.350. The van der Waals surface area contributed by atoms with Crippen LogP contribution in [0.25, 0.3) is 0 Å². The SMILES string of the molecule is CCOC(=O)c1oc(CC2CCCCC2)nc1C1CC1. The molecule has 2 saturated carbocycles. The Morgan fingerprint density at radius 2 is 2.00 bits per heavy atom. The lowest BCUT2D eigenvalue weighted by molar-refractivity contribution is 0.0485. The number of hydrogen-bond donors (Lipinski definition) is 0. The third-order valence-electron chi connectivity index (χ3n) is 4.31. The zero-order chi connectivity index (χ0) is 13.9. The zero-order valence-corrected chi connectivity index (χ0v) is 12.2. The Kier molecular flexibility index (Phi) is 4.08. The molecule has 2 aliphatic rings. The number of rotatable bonds is 5. The van der Waals surface area contributed by atoms with Crippen LogP contribution in [0, 0.1) is 5.92 Å². The Labute approximate surface area is 119 Å². The van der Waals surface area contributed by atoms with Gasteiger partial charge in [0.25, 0.3) is 0 Å². The fourth-order valence-electron chi connectivity index (χ4n) is 3.08. The number of nitrogens with zero attached hydrogens (tertiary/aromatic N) is 1. The van der Waals surface area contributed by atoms with E-state index in [4.69, 9.17) is 9.15 Å². The topological polar surface area (TPSA) is 52.3 Å². The normalized spacial score (nSPS) is 20.1. The van der Waals surface area contributed by atoms with Gasteiger partial charge in [-0.1, -0.05) is 19.3 Å². The van der Waals surface area contributed by atoms with Crippen molar-refractivity contribution in [2.24, 2.45) is 5.92 Å². The molecular weight excluding hydrogens is 254 g/mol. The average Bonchev–Trinajstić information content (AvgIpc) is 3.22. The molecule has 0 spiro atoms. The van der Waals surface area contributed by atoms with Crippen LogP contribution in [0.15, 0.2) is 4.42 Å². The highest BCUT2D eigenvalue weighted by atomic mass is 16.5. The number of hydrogen-bond acceptors (Lipinski definition) is 4. The van der Waals surface area contributed by atoms with Gasteiger partial charge in [-0.15, -0.1) is 0 Å². The van der Waals surface area contributed by atoms with Crippen LogP contribution in [0.2, 0.25) is 0 Å². The molecule has 0 saturated heterocycles. The monoisotopic (exact) mass is 277 g/mol. The Morgan fingerprint density at radius 3 is 2.65 bits per heavy atom. The second-order valence-corrected chi connectivity index (χ2v) is 6.02. The van der Waals surface area contributed by atoms with Crippen molar-refractivity contribution >= 4 is 5.97 Å². The van der Waals surface area contributed by atoms with Gasteiger partial charge in [0, 0.05) is 12.3 Å². The van der Waals surface area contributed by atoms with Crippen molar-refractivity contribution in [1.82, 2.24) is 4.98 Å². The second-order valence-electron chi connectivity index (χ2n) is 6.02. The van der Waals surface area contributed by atoms with E-state index in [0.717, 1.165) is 30.8 Å². The van der Waals surface area contributed by atoms with E-state index < -0.39 is 0 Å². The lowest BCUT2D eigenvalue weighted by Crippen LogP contribution is -2.09. The summed E-state index contributed by atoms with van der Waals surface area (Å²) in [5, 5.41) is 0. The van der Waals surface area contributed by atoms with Crippen LogP contribution < -0.4 is 0 Å². The Bertz CT molecular complexity index is 470. The summed E-state index contributed by atoms with van der Waals surface area (Å²) in [7, 11) is 0. The highest BCUT2D eigenvalue weighted by Gasteiger charge is 2.34. The van der Waals surface area contributed by atoms with E-state index in [-0.39, 0.29) is 5.97 Å². The molecule has 2 fully saturated rings. The van der Waals surface area contributed by atoms with Crippen LogP contribution in [0.3, 0.4) is 0 Å². The molecule has 110 valence electrons. The highest BCUT2D eigenvalue weighted by Crippen LogP contribution is 2.42. The van der Waals surface area contributed by atoms with Crippen LogP contribution in [0.5, 0.6) is 0 Å². The molecule has 1 heterocycles. The summed E-state index contributed by atoms with van der Waals surface area (Å²) in [5.41, 5.74) is 0.842. The molecule has 3 rings (SSSR count). The largest absolute Gasteiger partial charge is 0.460 e. The molecule has 1 aromatic heterocycles. The maximum absolute atomic E-state index is 11.9. The Morgan fingerprint density at radius 1 is 1.25 bits per heavy atom. The molecule has 1 aromatic rings. The molecule has 0 N–H and O–H groups in total. The van der Waals surface area contributed by atoms with Crippen LogP contribution in [-0.2, 0) is 11.2 Å². The van der Waals surface area contributed by atoms with Gasteiger partial charge in [-0.2, -0.15) is 0 Å². The van der Waals surface area contributed by atoms with Gasteiger partial charge in [0.1, 0.15) is 0 Å². The number of aromatic nitrogens is 1. The van der Waals surface area contributed by atoms with E-state index in [2.05, 4.69) is 4.98 Å². The third-order valence-corrected chi connectivity index (χ3v) is 4.31. The number of esters is 1. The summed E-state index contributed by atoms with van der Waals surface area (Å²) in [6.07, 6.45) is 9.59. The molecule has 0 amide bonds. The number of carbonyl (C=O) groups excluding carboxylic acids is 1. The fraction of sp³-hybridized carbons (Fsp3) is 0.750. The minimum Gasteiger partial charge on any atom is -0.460 e. The smallest absolute Gasteiger partial charge is 0.376 e. The first-order chi connectivity index (χ1) is 9.78. The number of oxazole rings is 1. The average molecular weight is 277 g/mol. The van der Waals surface area contributed by atoms with Gasteiger partial charge in [-0.25, -0.2) is 9.78 Å². The summed E-state index contributed by atoms with van der Waals surface area (Å²) in [4.78, 5) is 16.5. The van der Waals surface area contributed by atoms with Crippen molar-refractivity contribution in [2.75, 3.05) is 6.61 Å². The predicted molar refractivity (Wildman–Crippen MR) is 74.7 cm³/mol. The molecule has 20 heavy (non-hydrogen) atoms. The molecule has 0 aliphatic heterocycles. The van der Waals surface area contributed by atoms with E-state index in [1.54, 1.807) is 0 Å². The molecule has 0 radical (unpaired) electrons. The van der Waals surface area contributed by atoms with Crippen LogP contribution in [-0.4, -0.2) is 17.6 Å².